The first-order valence-electron chi connectivity index (χ1n) is 14.4. The molecular weight excluding hydrogens is 442 g/mol. The van der Waals surface area contributed by atoms with Crippen LogP contribution in [0.5, 0.6) is 5.75 Å². The van der Waals surface area contributed by atoms with E-state index in [1.54, 1.807) is 12.1 Å². The van der Waals surface area contributed by atoms with Gasteiger partial charge in [-0.3, -0.25) is 0 Å². The van der Waals surface area contributed by atoms with E-state index >= 15 is 0 Å². The lowest BCUT2D eigenvalue weighted by atomic mass is 9.66. The van der Waals surface area contributed by atoms with Crippen LogP contribution < -0.4 is 4.74 Å². The van der Waals surface area contributed by atoms with Crippen LogP contribution in [0.25, 0.3) is 0 Å². The highest BCUT2D eigenvalue weighted by atomic mass is 19.2. The smallest absolute Gasteiger partial charge is 0.200 e. The highest BCUT2D eigenvalue weighted by Gasteiger charge is 2.35. The van der Waals surface area contributed by atoms with E-state index in [0.717, 1.165) is 68.8 Å². The molecule has 2 unspecified atom stereocenters. The van der Waals surface area contributed by atoms with Gasteiger partial charge in [0.2, 0.25) is 5.82 Å². The molecule has 3 aliphatic rings. The predicted octanol–water partition coefficient (Wildman–Crippen LogP) is 8.99. The quantitative estimate of drug-likeness (QED) is 0.323. The lowest BCUT2D eigenvalue weighted by Gasteiger charge is -2.41. The maximum atomic E-state index is 14.8. The Bertz CT molecular complexity index is 798. The third-order valence-electron chi connectivity index (χ3n) is 9.20. The standard InChI is InChI=1S/C31H46F2O2/c1-3-5-6-7-27-17-16-26(21-35-27)24-10-8-22(9-11-24)23-12-14-25(15-13-23)28-18-19-29(34-20-4-2)31(33)30(28)32/h3,5,18-19,22-27H,4,6-17,20-21H2,1-2H3. The van der Waals surface area contributed by atoms with Crippen LogP contribution in [0.15, 0.2) is 24.3 Å². The van der Waals surface area contributed by atoms with Crippen molar-refractivity contribution in [2.24, 2.45) is 23.7 Å². The largest absolute Gasteiger partial charge is 0.490 e. The molecule has 1 aromatic carbocycles. The first kappa shape index (κ1) is 26.6. The van der Waals surface area contributed by atoms with E-state index in [1.165, 1.54) is 44.9 Å². The molecule has 0 bridgehead atoms. The summed E-state index contributed by atoms with van der Waals surface area (Å²) in [5, 5.41) is 0. The maximum Gasteiger partial charge on any atom is 0.200 e. The lowest BCUT2D eigenvalue weighted by Crippen LogP contribution is -2.33. The Labute approximate surface area is 211 Å². The van der Waals surface area contributed by atoms with Crippen molar-refractivity contribution in [3.8, 4) is 5.75 Å². The highest BCUT2D eigenvalue weighted by Crippen LogP contribution is 2.46. The van der Waals surface area contributed by atoms with E-state index in [-0.39, 0.29) is 11.7 Å². The van der Waals surface area contributed by atoms with Crippen molar-refractivity contribution in [2.45, 2.75) is 109 Å². The Morgan fingerprint density at radius 3 is 2.09 bits per heavy atom. The second kappa shape index (κ2) is 13.2. The SMILES string of the molecule is CC=CCCC1CCC(C2CCC(C3CCC(c4ccc(OCCC)c(F)c4F)CC3)CC2)CO1. The molecule has 4 rings (SSSR count). The molecule has 4 heteroatoms. The Morgan fingerprint density at radius 2 is 1.49 bits per heavy atom. The summed E-state index contributed by atoms with van der Waals surface area (Å²) in [5.41, 5.74) is 0.551. The second-order valence-electron chi connectivity index (χ2n) is 11.4. The summed E-state index contributed by atoms with van der Waals surface area (Å²) >= 11 is 0. The molecule has 3 fully saturated rings. The van der Waals surface area contributed by atoms with Crippen molar-refractivity contribution in [1.82, 2.24) is 0 Å². The minimum Gasteiger partial charge on any atom is -0.490 e. The van der Waals surface area contributed by atoms with Crippen LogP contribution in [0.1, 0.15) is 109 Å². The summed E-state index contributed by atoms with van der Waals surface area (Å²) in [5.74, 6) is 1.84. The Hall–Kier alpha value is -1.42. The molecule has 1 aliphatic heterocycles. The zero-order valence-corrected chi connectivity index (χ0v) is 22.0. The van der Waals surface area contributed by atoms with Gasteiger partial charge in [-0.2, -0.15) is 4.39 Å². The third-order valence-corrected chi connectivity index (χ3v) is 9.20. The monoisotopic (exact) mass is 488 g/mol. The molecule has 0 amide bonds. The molecule has 2 nitrogen and oxygen atoms in total. The van der Waals surface area contributed by atoms with Crippen LogP contribution in [0.3, 0.4) is 0 Å². The van der Waals surface area contributed by atoms with Gasteiger partial charge in [-0.25, -0.2) is 4.39 Å². The van der Waals surface area contributed by atoms with Crippen molar-refractivity contribution in [3.05, 3.63) is 41.5 Å². The fraction of sp³-hybridized carbons (Fsp3) is 0.742. The Balaban J connectivity index is 1.20. The fourth-order valence-corrected chi connectivity index (χ4v) is 7.05. The zero-order chi connectivity index (χ0) is 24.6. The number of ether oxygens (including phenoxy) is 2. The van der Waals surface area contributed by atoms with Crippen molar-refractivity contribution in [1.29, 1.82) is 0 Å². The van der Waals surface area contributed by atoms with Gasteiger partial charge in [-0.15, -0.1) is 0 Å². The molecule has 2 saturated carbocycles. The van der Waals surface area contributed by atoms with Gasteiger partial charge < -0.3 is 9.47 Å². The van der Waals surface area contributed by atoms with E-state index in [9.17, 15) is 8.78 Å². The third kappa shape index (κ3) is 6.87. The summed E-state index contributed by atoms with van der Waals surface area (Å²) in [6, 6.07) is 3.38. The van der Waals surface area contributed by atoms with Crippen LogP contribution in [-0.4, -0.2) is 19.3 Å². The topological polar surface area (TPSA) is 18.5 Å². The molecule has 0 N–H and O–H groups in total. The molecule has 0 radical (unpaired) electrons. The first-order chi connectivity index (χ1) is 17.1. The molecule has 2 aliphatic carbocycles. The molecule has 1 heterocycles. The zero-order valence-electron chi connectivity index (χ0n) is 22.0. The van der Waals surface area contributed by atoms with E-state index in [1.807, 2.05) is 6.92 Å². The summed E-state index contributed by atoms with van der Waals surface area (Å²) in [4.78, 5) is 0. The molecule has 1 aromatic rings. The summed E-state index contributed by atoms with van der Waals surface area (Å²) in [7, 11) is 0. The maximum absolute atomic E-state index is 14.8. The number of halogens is 2. The minimum absolute atomic E-state index is 0.0473. The van der Waals surface area contributed by atoms with E-state index in [2.05, 4.69) is 19.1 Å². The summed E-state index contributed by atoms with van der Waals surface area (Å²) in [6.45, 7) is 5.42. The summed E-state index contributed by atoms with van der Waals surface area (Å²) in [6.07, 6.45) is 20.1. The van der Waals surface area contributed by atoms with E-state index in [0.29, 0.717) is 18.3 Å². The van der Waals surface area contributed by atoms with Crippen LogP contribution in [0.4, 0.5) is 8.78 Å². The van der Waals surface area contributed by atoms with Gasteiger partial charge in [0.15, 0.2) is 11.6 Å². The van der Waals surface area contributed by atoms with Crippen molar-refractivity contribution >= 4 is 0 Å². The van der Waals surface area contributed by atoms with Crippen molar-refractivity contribution < 1.29 is 18.3 Å². The fourth-order valence-electron chi connectivity index (χ4n) is 7.05. The first-order valence-corrected chi connectivity index (χ1v) is 14.4. The van der Waals surface area contributed by atoms with Crippen LogP contribution >= 0.6 is 0 Å². The lowest BCUT2D eigenvalue weighted by molar-refractivity contribution is -0.0430. The van der Waals surface area contributed by atoms with Crippen LogP contribution in [-0.2, 0) is 4.74 Å². The molecule has 1 saturated heterocycles. The number of hydrogen-bond donors (Lipinski definition) is 0. The Morgan fingerprint density at radius 1 is 0.857 bits per heavy atom. The number of rotatable bonds is 9. The minimum atomic E-state index is -0.813. The normalized spacial score (nSPS) is 32.1. The van der Waals surface area contributed by atoms with Crippen LogP contribution in [0, 0.1) is 35.3 Å². The average Bonchev–Trinajstić information content (AvgIpc) is 2.90. The molecule has 2 atom stereocenters. The van der Waals surface area contributed by atoms with Gasteiger partial charge in [0.25, 0.3) is 0 Å². The van der Waals surface area contributed by atoms with Gasteiger partial charge in [-0.05, 0) is 132 Å². The second-order valence-corrected chi connectivity index (χ2v) is 11.4. The average molecular weight is 489 g/mol. The van der Waals surface area contributed by atoms with Gasteiger partial charge >= 0.3 is 0 Å². The molecular formula is C31H46F2O2. The molecule has 35 heavy (non-hydrogen) atoms. The van der Waals surface area contributed by atoms with E-state index < -0.39 is 11.6 Å². The number of benzene rings is 1. The molecule has 0 aromatic heterocycles. The van der Waals surface area contributed by atoms with Crippen molar-refractivity contribution in [2.75, 3.05) is 13.2 Å². The van der Waals surface area contributed by atoms with E-state index in [4.69, 9.17) is 9.47 Å². The number of hydrogen-bond acceptors (Lipinski definition) is 2. The molecule has 0 spiro atoms. The van der Waals surface area contributed by atoms with Gasteiger partial charge in [0, 0.05) is 0 Å². The predicted molar refractivity (Wildman–Crippen MR) is 139 cm³/mol. The Kier molecular flexibility index (Phi) is 10.1. The van der Waals surface area contributed by atoms with Crippen LogP contribution in [0.2, 0.25) is 0 Å². The summed E-state index contributed by atoms with van der Waals surface area (Å²) < 4.78 is 40.8. The van der Waals surface area contributed by atoms with Gasteiger partial charge in [-0.1, -0.05) is 25.1 Å². The number of allylic oxidation sites excluding steroid dienone is 2. The van der Waals surface area contributed by atoms with Crippen molar-refractivity contribution in [3.63, 3.8) is 0 Å². The molecule has 196 valence electrons. The highest BCUT2D eigenvalue weighted by molar-refractivity contribution is 5.33. The van der Waals surface area contributed by atoms with Gasteiger partial charge in [0.05, 0.1) is 19.3 Å². The van der Waals surface area contributed by atoms with Gasteiger partial charge in [0.1, 0.15) is 0 Å².